The molecule has 1 aliphatic heterocycles. The summed E-state index contributed by atoms with van der Waals surface area (Å²) in [6.07, 6.45) is 3.71. The van der Waals surface area contributed by atoms with E-state index < -0.39 is 0 Å². The minimum Gasteiger partial charge on any atom is -0.492 e. The summed E-state index contributed by atoms with van der Waals surface area (Å²) in [5.41, 5.74) is 0.597. The van der Waals surface area contributed by atoms with Gasteiger partial charge >= 0.3 is 0 Å². The van der Waals surface area contributed by atoms with Crippen LogP contribution in [0, 0.1) is 11.3 Å². The summed E-state index contributed by atoms with van der Waals surface area (Å²) in [5.74, 6) is 0.678. The average molecular weight is 274 g/mol. The molecule has 0 aliphatic carbocycles. The van der Waals surface area contributed by atoms with Crippen molar-refractivity contribution in [1.29, 1.82) is 5.26 Å². The highest BCUT2D eigenvalue weighted by molar-refractivity contribution is 5.42. The number of likely N-dealkylation sites (N-methyl/N-ethyl adjacent to an activating group) is 1. The Hall–Kier alpha value is -1.57. The Morgan fingerprint density at radius 2 is 2.30 bits per heavy atom. The molecule has 20 heavy (non-hydrogen) atoms. The monoisotopic (exact) mass is 274 g/mol. The van der Waals surface area contributed by atoms with Crippen LogP contribution in [0.25, 0.3) is 0 Å². The second-order valence-electron chi connectivity index (χ2n) is 5.21. The smallest absolute Gasteiger partial charge is 0.137 e. The minimum atomic E-state index is 0.403. The second-order valence-corrected chi connectivity index (χ2v) is 5.21. The maximum absolute atomic E-state index is 8.97. The summed E-state index contributed by atoms with van der Waals surface area (Å²) < 4.78 is 11.3. The largest absolute Gasteiger partial charge is 0.492 e. The lowest BCUT2D eigenvalue weighted by molar-refractivity contribution is 0.0797. The van der Waals surface area contributed by atoms with E-state index in [1.54, 1.807) is 6.07 Å². The van der Waals surface area contributed by atoms with Crippen LogP contribution >= 0.6 is 0 Å². The van der Waals surface area contributed by atoms with Crippen molar-refractivity contribution in [3.8, 4) is 11.8 Å². The maximum Gasteiger partial charge on any atom is 0.137 e. The summed E-state index contributed by atoms with van der Waals surface area (Å²) in [7, 11) is 2.12. The Morgan fingerprint density at radius 1 is 1.45 bits per heavy atom. The van der Waals surface area contributed by atoms with Crippen LogP contribution in [0.1, 0.15) is 24.8 Å². The minimum absolute atomic E-state index is 0.403. The van der Waals surface area contributed by atoms with Crippen molar-refractivity contribution >= 4 is 0 Å². The van der Waals surface area contributed by atoms with E-state index in [4.69, 9.17) is 14.7 Å². The molecule has 1 saturated heterocycles. The van der Waals surface area contributed by atoms with Crippen LogP contribution in [-0.2, 0) is 4.74 Å². The van der Waals surface area contributed by atoms with Gasteiger partial charge in [-0.15, -0.1) is 0 Å². The summed E-state index contributed by atoms with van der Waals surface area (Å²) in [5, 5.41) is 8.97. The number of nitriles is 1. The number of ether oxygens (including phenoxy) is 2. The van der Waals surface area contributed by atoms with Crippen molar-refractivity contribution in [2.75, 3.05) is 33.4 Å². The van der Waals surface area contributed by atoms with Crippen LogP contribution < -0.4 is 4.74 Å². The van der Waals surface area contributed by atoms with Gasteiger partial charge in [-0.25, -0.2) is 0 Å². The van der Waals surface area contributed by atoms with Gasteiger partial charge in [-0.05, 0) is 38.4 Å². The first-order valence-electron chi connectivity index (χ1n) is 7.21. The lowest BCUT2D eigenvalue weighted by atomic mass is 10.2. The van der Waals surface area contributed by atoms with Gasteiger partial charge in [0.2, 0.25) is 0 Å². The molecular formula is C16H22N2O2. The first-order chi connectivity index (χ1) is 9.79. The molecule has 1 aromatic carbocycles. The second kappa shape index (κ2) is 7.88. The van der Waals surface area contributed by atoms with Gasteiger partial charge in [-0.1, -0.05) is 12.1 Å². The number of nitrogens with zero attached hydrogens (tertiary/aromatic N) is 2. The van der Waals surface area contributed by atoms with Crippen molar-refractivity contribution in [2.45, 2.75) is 25.4 Å². The van der Waals surface area contributed by atoms with Gasteiger partial charge < -0.3 is 14.4 Å². The topological polar surface area (TPSA) is 45.5 Å². The molecule has 0 N–H and O–H groups in total. The Bertz CT molecular complexity index is 450. The van der Waals surface area contributed by atoms with Crippen molar-refractivity contribution in [1.82, 2.24) is 4.90 Å². The Balaban J connectivity index is 1.64. The highest BCUT2D eigenvalue weighted by atomic mass is 16.5. The fourth-order valence-corrected chi connectivity index (χ4v) is 2.43. The third kappa shape index (κ3) is 4.52. The predicted octanol–water partition coefficient (Wildman–Crippen LogP) is 2.44. The van der Waals surface area contributed by atoms with E-state index in [2.05, 4.69) is 18.0 Å². The molecule has 1 fully saturated rings. The molecule has 1 aromatic rings. The molecule has 2 rings (SSSR count). The fraction of sp³-hybridized carbons (Fsp3) is 0.562. The van der Waals surface area contributed by atoms with Crippen LogP contribution in [0.15, 0.2) is 24.3 Å². The summed E-state index contributed by atoms with van der Waals surface area (Å²) in [4.78, 5) is 2.29. The molecule has 0 saturated carbocycles. The van der Waals surface area contributed by atoms with Crippen LogP contribution in [0.5, 0.6) is 5.75 Å². The van der Waals surface area contributed by atoms with Crippen molar-refractivity contribution in [2.24, 2.45) is 0 Å². The highest BCUT2D eigenvalue weighted by Gasteiger charge is 2.16. The molecule has 0 spiro atoms. The van der Waals surface area contributed by atoms with E-state index in [0.717, 1.165) is 26.1 Å². The first kappa shape index (κ1) is 14.8. The number of benzene rings is 1. The summed E-state index contributed by atoms with van der Waals surface area (Å²) in [6, 6.07) is 9.50. The lowest BCUT2D eigenvalue weighted by Gasteiger charge is -2.20. The number of rotatable bonds is 7. The van der Waals surface area contributed by atoms with Crippen molar-refractivity contribution in [3.05, 3.63) is 29.8 Å². The number of para-hydroxylation sites is 1. The maximum atomic E-state index is 8.97. The van der Waals surface area contributed by atoms with Crippen LogP contribution in [0.3, 0.4) is 0 Å². The molecule has 4 heteroatoms. The van der Waals surface area contributed by atoms with Gasteiger partial charge in [0.05, 0.1) is 18.3 Å². The van der Waals surface area contributed by atoms with Crippen LogP contribution in [0.4, 0.5) is 0 Å². The van der Waals surface area contributed by atoms with Gasteiger partial charge in [-0.2, -0.15) is 5.26 Å². The van der Waals surface area contributed by atoms with E-state index in [9.17, 15) is 0 Å². The molecule has 1 aliphatic rings. The molecule has 4 nitrogen and oxygen atoms in total. The Labute approximate surface area is 120 Å². The molecule has 0 aromatic heterocycles. The van der Waals surface area contributed by atoms with Gasteiger partial charge in [0.1, 0.15) is 11.8 Å². The van der Waals surface area contributed by atoms with E-state index in [1.165, 1.54) is 12.8 Å². The molecule has 0 radical (unpaired) electrons. The molecule has 1 heterocycles. The third-order valence-corrected chi connectivity index (χ3v) is 3.49. The molecule has 0 bridgehead atoms. The van der Waals surface area contributed by atoms with E-state index >= 15 is 0 Å². The predicted molar refractivity (Wildman–Crippen MR) is 77.7 cm³/mol. The zero-order valence-corrected chi connectivity index (χ0v) is 12.0. The van der Waals surface area contributed by atoms with Crippen molar-refractivity contribution < 1.29 is 9.47 Å². The zero-order valence-electron chi connectivity index (χ0n) is 12.0. The lowest BCUT2D eigenvalue weighted by Crippen LogP contribution is -2.30. The van der Waals surface area contributed by atoms with E-state index in [1.807, 2.05) is 18.2 Å². The zero-order chi connectivity index (χ0) is 14.2. The number of hydrogen-bond donors (Lipinski definition) is 0. The third-order valence-electron chi connectivity index (χ3n) is 3.49. The number of hydrogen-bond acceptors (Lipinski definition) is 4. The fourth-order valence-electron chi connectivity index (χ4n) is 2.43. The van der Waals surface area contributed by atoms with Gasteiger partial charge in [0.25, 0.3) is 0 Å². The van der Waals surface area contributed by atoms with Gasteiger partial charge in [0.15, 0.2) is 0 Å². The summed E-state index contributed by atoms with van der Waals surface area (Å²) >= 11 is 0. The Morgan fingerprint density at radius 3 is 3.05 bits per heavy atom. The van der Waals surface area contributed by atoms with Gasteiger partial charge in [0, 0.05) is 19.7 Å². The quantitative estimate of drug-likeness (QED) is 0.716. The normalized spacial score (nSPS) is 18.1. The SMILES string of the molecule is CN(CCCOc1ccccc1C#N)CC1CCCO1. The highest BCUT2D eigenvalue weighted by Crippen LogP contribution is 2.17. The average Bonchev–Trinajstić information content (AvgIpc) is 2.97. The van der Waals surface area contributed by atoms with E-state index in [-0.39, 0.29) is 0 Å². The van der Waals surface area contributed by atoms with Crippen LogP contribution in [-0.4, -0.2) is 44.4 Å². The van der Waals surface area contributed by atoms with Crippen molar-refractivity contribution in [3.63, 3.8) is 0 Å². The molecule has 1 unspecified atom stereocenters. The molecule has 108 valence electrons. The molecule has 1 atom stereocenters. The van der Waals surface area contributed by atoms with E-state index in [0.29, 0.717) is 24.0 Å². The van der Waals surface area contributed by atoms with Gasteiger partial charge in [-0.3, -0.25) is 0 Å². The standard InChI is InChI=1S/C16H22N2O2/c1-18(13-15-7-4-10-19-15)9-5-11-20-16-8-3-2-6-14(16)12-17/h2-3,6,8,15H,4-5,7,9-11,13H2,1H3. The van der Waals surface area contributed by atoms with Crippen LogP contribution in [0.2, 0.25) is 0 Å². The molecular weight excluding hydrogens is 252 g/mol. The first-order valence-corrected chi connectivity index (χ1v) is 7.21. The summed E-state index contributed by atoms with van der Waals surface area (Å²) in [6.45, 7) is 3.52. The Kier molecular flexibility index (Phi) is 5.85. The molecule has 0 amide bonds.